The molecule has 0 aliphatic heterocycles. The Hall–Kier alpha value is -2.52. The van der Waals surface area contributed by atoms with E-state index >= 15 is 0 Å². The fourth-order valence-corrected chi connectivity index (χ4v) is 2.55. The molecule has 1 aromatic heterocycles. The lowest BCUT2D eigenvalue weighted by Gasteiger charge is -2.18. The lowest BCUT2D eigenvalue weighted by molar-refractivity contribution is -0.129. The molecule has 25 heavy (non-hydrogen) atoms. The van der Waals surface area contributed by atoms with Gasteiger partial charge in [0.05, 0.1) is 0 Å². The zero-order valence-electron chi connectivity index (χ0n) is 13.9. The minimum Gasteiger partial charge on any atom is -0.438 e. The summed E-state index contributed by atoms with van der Waals surface area (Å²) in [5, 5.41) is 0. The van der Waals surface area contributed by atoms with Crippen LogP contribution in [0.25, 0.3) is 0 Å². The number of carbonyl (C=O) groups is 1. The number of sulfonamides is 1. The van der Waals surface area contributed by atoms with Crippen molar-refractivity contribution in [3.05, 3.63) is 48.4 Å². The Balaban J connectivity index is 2.23. The summed E-state index contributed by atoms with van der Waals surface area (Å²) in [5.41, 5.74) is 1.38. The van der Waals surface area contributed by atoms with Gasteiger partial charge in [-0.05, 0) is 36.4 Å². The second-order valence-electron chi connectivity index (χ2n) is 6.17. The number of rotatable bonds is 5. The van der Waals surface area contributed by atoms with E-state index < -0.39 is 27.2 Å². The van der Waals surface area contributed by atoms with Crippen molar-refractivity contribution in [1.29, 1.82) is 0 Å². The summed E-state index contributed by atoms with van der Waals surface area (Å²) >= 11 is 0. The summed E-state index contributed by atoms with van der Waals surface area (Å²) < 4.78 is 43.2. The average Bonchev–Trinajstić information content (AvgIpc) is 2.54. The number of nitrogens with one attached hydrogen (secondary N) is 2. The van der Waals surface area contributed by atoms with Gasteiger partial charge in [0.1, 0.15) is 16.5 Å². The van der Waals surface area contributed by atoms with Crippen LogP contribution in [0.5, 0.6) is 11.6 Å². The van der Waals surface area contributed by atoms with E-state index in [2.05, 4.69) is 10.4 Å². The van der Waals surface area contributed by atoms with Crippen molar-refractivity contribution in [2.75, 3.05) is 0 Å². The summed E-state index contributed by atoms with van der Waals surface area (Å²) in [7, 11) is -4.12. The number of aromatic nitrogens is 1. The molecule has 7 nitrogen and oxygen atoms in total. The topological polar surface area (TPSA) is 97.4 Å². The molecule has 1 aromatic carbocycles. The molecule has 0 unspecified atom stereocenters. The van der Waals surface area contributed by atoms with Crippen LogP contribution in [0.4, 0.5) is 4.39 Å². The number of hydrazine groups is 1. The van der Waals surface area contributed by atoms with Crippen LogP contribution in [0.15, 0.2) is 47.5 Å². The van der Waals surface area contributed by atoms with E-state index in [0.717, 1.165) is 0 Å². The van der Waals surface area contributed by atoms with Gasteiger partial charge in [-0.15, -0.1) is 4.83 Å². The SMILES string of the molecule is CC(C)(C)C(=O)NNS(=O)(=O)c1cccnc1Oc1ccc(F)cc1. The minimum atomic E-state index is -4.12. The highest BCUT2D eigenvalue weighted by Crippen LogP contribution is 2.26. The second kappa shape index (κ2) is 7.16. The van der Waals surface area contributed by atoms with Gasteiger partial charge in [-0.25, -0.2) is 17.8 Å². The van der Waals surface area contributed by atoms with Crippen LogP contribution in [0, 0.1) is 11.2 Å². The van der Waals surface area contributed by atoms with Gasteiger partial charge in [-0.1, -0.05) is 20.8 Å². The standard InChI is InChI=1S/C16H18FN3O4S/c1-16(2,3)15(21)19-20-25(22,23)13-5-4-10-18-14(13)24-12-8-6-11(17)7-9-12/h4-10,20H,1-3H3,(H,19,21). The van der Waals surface area contributed by atoms with Crippen molar-refractivity contribution < 1.29 is 22.3 Å². The smallest absolute Gasteiger partial charge is 0.262 e. The molecule has 0 atom stereocenters. The van der Waals surface area contributed by atoms with Gasteiger partial charge in [0, 0.05) is 11.6 Å². The predicted molar refractivity (Wildman–Crippen MR) is 88.6 cm³/mol. The maximum Gasteiger partial charge on any atom is 0.262 e. The first kappa shape index (κ1) is 18.8. The molecule has 0 radical (unpaired) electrons. The fraction of sp³-hybridized carbons (Fsp3) is 0.250. The number of pyridine rings is 1. The Labute approximate surface area is 145 Å². The normalized spacial score (nSPS) is 11.8. The van der Waals surface area contributed by atoms with Crippen molar-refractivity contribution in [2.24, 2.45) is 5.41 Å². The van der Waals surface area contributed by atoms with Crippen molar-refractivity contribution >= 4 is 15.9 Å². The Kier molecular flexibility index (Phi) is 5.39. The first-order chi connectivity index (χ1) is 11.6. The van der Waals surface area contributed by atoms with Crippen LogP contribution in [-0.4, -0.2) is 19.3 Å². The highest BCUT2D eigenvalue weighted by atomic mass is 32.2. The van der Waals surface area contributed by atoms with Crippen LogP contribution in [0.1, 0.15) is 20.8 Å². The van der Waals surface area contributed by atoms with E-state index in [-0.39, 0.29) is 16.5 Å². The van der Waals surface area contributed by atoms with Gasteiger partial charge >= 0.3 is 0 Å². The molecule has 9 heteroatoms. The van der Waals surface area contributed by atoms with E-state index in [4.69, 9.17) is 4.74 Å². The van der Waals surface area contributed by atoms with Gasteiger partial charge in [-0.2, -0.15) is 0 Å². The third-order valence-electron chi connectivity index (χ3n) is 3.03. The fourth-order valence-electron chi connectivity index (χ4n) is 1.63. The Morgan fingerprint density at radius 1 is 1.16 bits per heavy atom. The molecular weight excluding hydrogens is 349 g/mol. The van der Waals surface area contributed by atoms with Crippen LogP contribution in [0.3, 0.4) is 0 Å². The Morgan fingerprint density at radius 3 is 2.40 bits per heavy atom. The van der Waals surface area contributed by atoms with Crippen LogP contribution in [-0.2, 0) is 14.8 Å². The first-order valence-corrected chi connectivity index (χ1v) is 8.78. The quantitative estimate of drug-likeness (QED) is 0.791. The van der Waals surface area contributed by atoms with Crippen LogP contribution >= 0.6 is 0 Å². The van der Waals surface area contributed by atoms with Gasteiger partial charge in [-0.3, -0.25) is 10.2 Å². The summed E-state index contributed by atoms with van der Waals surface area (Å²) in [6, 6.07) is 7.72. The number of amides is 1. The molecule has 2 N–H and O–H groups in total. The molecule has 0 spiro atoms. The monoisotopic (exact) mass is 367 g/mol. The number of halogens is 1. The molecular formula is C16H18FN3O4S. The largest absolute Gasteiger partial charge is 0.438 e. The Bertz CT molecular complexity index is 862. The van der Waals surface area contributed by atoms with Crippen molar-refractivity contribution in [1.82, 2.24) is 15.2 Å². The second-order valence-corrected chi connectivity index (χ2v) is 7.82. The van der Waals surface area contributed by atoms with Gasteiger partial charge in [0.25, 0.3) is 10.0 Å². The van der Waals surface area contributed by atoms with Gasteiger partial charge in [0.2, 0.25) is 11.8 Å². The number of benzene rings is 1. The summed E-state index contributed by atoms with van der Waals surface area (Å²) in [4.78, 5) is 17.5. The molecule has 0 saturated carbocycles. The Morgan fingerprint density at radius 2 is 1.80 bits per heavy atom. The van der Waals surface area contributed by atoms with E-state index in [0.29, 0.717) is 0 Å². The van der Waals surface area contributed by atoms with E-state index in [9.17, 15) is 17.6 Å². The maximum atomic E-state index is 12.9. The molecule has 2 aromatic rings. The number of nitrogens with zero attached hydrogens (tertiary/aromatic N) is 1. The summed E-state index contributed by atoms with van der Waals surface area (Å²) in [5.74, 6) is -0.935. The molecule has 0 bridgehead atoms. The first-order valence-electron chi connectivity index (χ1n) is 7.30. The predicted octanol–water partition coefficient (Wildman–Crippen LogP) is 2.37. The zero-order valence-corrected chi connectivity index (χ0v) is 14.7. The maximum absolute atomic E-state index is 12.9. The third-order valence-corrected chi connectivity index (χ3v) is 4.29. The summed E-state index contributed by atoms with van der Waals surface area (Å²) in [6.45, 7) is 4.93. The van der Waals surface area contributed by atoms with E-state index in [1.807, 2.05) is 4.83 Å². The average molecular weight is 367 g/mol. The number of hydrogen-bond acceptors (Lipinski definition) is 5. The number of ether oxygens (including phenoxy) is 1. The molecule has 0 saturated heterocycles. The minimum absolute atomic E-state index is 0.202. The van der Waals surface area contributed by atoms with Crippen molar-refractivity contribution in [3.8, 4) is 11.6 Å². The lowest BCUT2D eigenvalue weighted by atomic mass is 9.96. The van der Waals surface area contributed by atoms with Crippen LogP contribution < -0.4 is 15.0 Å². The van der Waals surface area contributed by atoms with E-state index in [1.54, 1.807) is 20.8 Å². The zero-order chi connectivity index (χ0) is 18.7. The van der Waals surface area contributed by atoms with Crippen molar-refractivity contribution in [2.45, 2.75) is 25.7 Å². The summed E-state index contributed by atoms with van der Waals surface area (Å²) in [6.07, 6.45) is 1.35. The molecule has 1 heterocycles. The highest BCUT2D eigenvalue weighted by molar-refractivity contribution is 7.89. The molecule has 2 rings (SSSR count). The third kappa shape index (κ3) is 4.97. The van der Waals surface area contributed by atoms with Crippen molar-refractivity contribution in [3.63, 3.8) is 0 Å². The lowest BCUT2D eigenvalue weighted by Crippen LogP contribution is -2.46. The van der Waals surface area contributed by atoms with E-state index in [1.165, 1.54) is 42.6 Å². The molecule has 1 amide bonds. The molecule has 0 aliphatic rings. The highest BCUT2D eigenvalue weighted by Gasteiger charge is 2.25. The molecule has 134 valence electrons. The molecule has 0 aliphatic carbocycles. The number of hydrogen-bond donors (Lipinski definition) is 2. The number of carbonyl (C=O) groups excluding carboxylic acids is 1. The van der Waals surface area contributed by atoms with Gasteiger partial charge < -0.3 is 4.74 Å². The van der Waals surface area contributed by atoms with Crippen LogP contribution in [0.2, 0.25) is 0 Å². The molecule has 0 fully saturated rings. The van der Waals surface area contributed by atoms with Gasteiger partial charge in [0.15, 0.2) is 0 Å².